The Kier molecular flexibility index (Phi) is 9.81. The van der Waals surface area contributed by atoms with Crippen molar-refractivity contribution in [2.75, 3.05) is 25.1 Å². The lowest BCUT2D eigenvalue weighted by molar-refractivity contribution is -0.140. The van der Waals surface area contributed by atoms with Gasteiger partial charge in [-0.3, -0.25) is 13.9 Å². The van der Waals surface area contributed by atoms with Gasteiger partial charge in [-0.25, -0.2) is 8.42 Å². The number of ether oxygens (including phenoxy) is 2. The van der Waals surface area contributed by atoms with Gasteiger partial charge >= 0.3 is 0 Å². The normalized spacial score (nSPS) is 12.2. The molecular weight excluding hydrogens is 530 g/mol. The summed E-state index contributed by atoms with van der Waals surface area (Å²) in [5, 5.41) is 2.91. The van der Waals surface area contributed by atoms with Gasteiger partial charge in [-0.1, -0.05) is 36.4 Å². The smallest absolute Gasteiger partial charge is 0.264 e. The predicted molar refractivity (Wildman–Crippen MR) is 155 cm³/mol. The minimum Gasteiger partial charge on any atom is -0.497 e. The van der Waals surface area contributed by atoms with Crippen molar-refractivity contribution in [2.45, 2.75) is 50.7 Å². The Hall–Kier alpha value is -4.05. The van der Waals surface area contributed by atoms with E-state index >= 15 is 0 Å². The third kappa shape index (κ3) is 7.75. The summed E-state index contributed by atoms with van der Waals surface area (Å²) in [7, 11) is -1.13. The summed E-state index contributed by atoms with van der Waals surface area (Å²) < 4.78 is 39.4. The number of nitrogens with zero attached hydrogens (tertiary/aromatic N) is 2. The van der Waals surface area contributed by atoms with Crippen LogP contribution in [0.1, 0.15) is 33.3 Å². The van der Waals surface area contributed by atoms with Crippen LogP contribution in [0.25, 0.3) is 0 Å². The average molecular weight is 568 g/mol. The molecule has 10 heteroatoms. The molecule has 9 nitrogen and oxygen atoms in total. The third-order valence-electron chi connectivity index (χ3n) is 6.10. The number of sulfonamides is 1. The minimum absolute atomic E-state index is 0.0310. The van der Waals surface area contributed by atoms with E-state index in [4.69, 9.17) is 9.47 Å². The number of rotatable bonds is 11. The zero-order chi connectivity index (χ0) is 29.5. The molecule has 0 heterocycles. The monoisotopic (exact) mass is 567 g/mol. The second-order valence-electron chi connectivity index (χ2n) is 10.3. The standard InChI is InChI=1S/C30H37N3O6S/c1-22(29(35)31-30(2,3)4)32(20-23-12-10-14-25(18-23)38-5)28(34)21-33(24-13-11-15-26(19-24)39-6)40(36,37)27-16-8-7-9-17-27/h7-19,22H,20-21H2,1-6H3,(H,31,35). The first-order chi connectivity index (χ1) is 18.9. The Morgan fingerprint density at radius 3 is 2.08 bits per heavy atom. The number of amides is 2. The van der Waals surface area contributed by atoms with Crippen molar-refractivity contribution in [1.82, 2.24) is 10.2 Å². The summed E-state index contributed by atoms with van der Waals surface area (Å²) in [5.74, 6) is 0.120. The zero-order valence-electron chi connectivity index (χ0n) is 23.7. The first-order valence-electron chi connectivity index (χ1n) is 12.8. The van der Waals surface area contributed by atoms with Crippen LogP contribution in [0.4, 0.5) is 5.69 Å². The van der Waals surface area contributed by atoms with Crippen LogP contribution < -0.4 is 19.1 Å². The van der Waals surface area contributed by atoms with Crippen molar-refractivity contribution < 1.29 is 27.5 Å². The highest BCUT2D eigenvalue weighted by atomic mass is 32.2. The fourth-order valence-corrected chi connectivity index (χ4v) is 5.47. The van der Waals surface area contributed by atoms with Gasteiger partial charge in [-0.05, 0) is 69.7 Å². The number of carbonyl (C=O) groups excluding carboxylic acids is 2. The quantitative estimate of drug-likeness (QED) is 0.372. The summed E-state index contributed by atoms with van der Waals surface area (Å²) in [5.41, 5.74) is 0.450. The molecule has 1 atom stereocenters. The van der Waals surface area contributed by atoms with Gasteiger partial charge in [-0.2, -0.15) is 0 Å². The van der Waals surface area contributed by atoms with Crippen LogP contribution in [-0.2, 0) is 26.2 Å². The molecule has 2 amide bonds. The largest absolute Gasteiger partial charge is 0.497 e. The molecule has 0 aliphatic carbocycles. The number of hydrogen-bond donors (Lipinski definition) is 1. The summed E-state index contributed by atoms with van der Waals surface area (Å²) in [4.78, 5) is 28.6. The molecule has 3 aromatic carbocycles. The van der Waals surface area contributed by atoms with Gasteiger partial charge < -0.3 is 19.7 Å². The van der Waals surface area contributed by atoms with E-state index in [1.54, 1.807) is 74.7 Å². The van der Waals surface area contributed by atoms with Crippen molar-refractivity contribution in [3.8, 4) is 11.5 Å². The second kappa shape index (κ2) is 12.9. The highest BCUT2D eigenvalue weighted by Crippen LogP contribution is 2.28. The molecule has 214 valence electrons. The lowest BCUT2D eigenvalue weighted by Crippen LogP contribution is -2.54. The molecular formula is C30H37N3O6S. The number of nitrogens with one attached hydrogen (secondary N) is 1. The van der Waals surface area contributed by atoms with Crippen molar-refractivity contribution in [3.05, 3.63) is 84.4 Å². The Labute approximate surface area is 236 Å². The highest BCUT2D eigenvalue weighted by molar-refractivity contribution is 7.92. The van der Waals surface area contributed by atoms with E-state index in [1.807, 2.05) is 26.8 Å². The Bertz CT molecular complexity index is 1420. The van der Waals surface area contributed by atoms with Gasteiger partial charge in [0, 0.05) is 18.2 Å². The van der Waals surface area contributed by atoms with Crippen LogP contribution in [0.3, 0.4) is 0 Å². The molecule has 1 unspecified atom stereocenters. The van der Waals surface area contributed by atoms with E-state index in [2.05, 4.69) is 5.32 Å². The number of methoxy groups -OCH3 is 2. The first kappa shape index (κ1) is 30.5. The van der Waals surface area contributed by atoms with Crippen molar-refractivity contribution in [1.29, 1.82) is 0 Å². The van der Waals surface area contributed by atoms with E-state index in [-0.39, 0.29) is 23.0 Å². The lowest BCUT2D eigenvalue weighted by Gasteiger charge is -2.33. The number of carbonyl (C=O) groups is 2. The van der Waals surface area contributed by atoms with Crippen LogP contribution in [0.2, 0.25) is 0 Å². The molecule has 0 aliphatic rings. The molecule has 0 fully saturated rings. The molecule has 0 aliphatic heterocycles. The van der Waals surface area contributed by atoms with Crippen molar-refractivity contribution >= 4 is 27.5 Å². The van der Waals surface area contributed by atoms with Crippen molar-refractivity contribution in [3.63, 3.8) is 0 Å². The molecule has 3 aromatic rings. The van der Waals surface area contributed by atoms with E-state index in [9.17, 15) is 18.0 Å². The molecule has 0 saturated carbocycles. The average Bonchev–Trinajstić information content (AvgIpc) is 2.93. The maximum atomic E-state index is 14.0. The summed E-state index contributed by atoms with van der Waals surface area (Å²) in [6, 6.07) is 20.6. The maximum absolute atomic E-state index is 14.0. The summed E-state index contributed by atoms with van der Waals surface area (Å²) >= 11 is 0. The molecule has 0 saturated heterocycles. The van der Waals surface area contributed by atoms with E-state index in [1.165, 1.54) is 24.1 Å². The lowest BCUT2D eigenvalue weighted by atomic mass is 10.1. The number of hydrogen-bond acceptors (Lipinski definition) is 6. The van der Waals surface area contributed by atoms with Gasteiger partial charge in [0.2, 0.25) is 11.8 Å². The first-order valence-corrected chi connectivity index (χ1v) is 14.3. The molecule has 3 rings (SSSR count). The van der Waals surface area contributed by atoms with E-state index < -0.39 is 34.1 Å². The van der Waals surface area contributed by atoms with Gasteiger partial charge in [0.25, 0.3) is 10.0 Å². The molecule has 1 N–H and O–H groups in total. The van der Waals surface area contributed by atoms with Gasteiger partial charge in [-0.15, -0.1) is 0 Å². The van der Waals surface area contributed by atoms with E-state index in [0.29, 0.717) is 11.5 Å². The molecule has 0 spiro atoms. The van der Waals surface area contributed by atoms with Gasteiger partial charge in [0.15, 0.2) is 0 Å². The molecule has 0 aromatic heterocycles. The maximum Gasteiger partial charge on any atom is 0.264 e. The summed E-state index contributed by atoms with van der Waals surface area (Å²) in [6.45, 7) is 6.70. The molecule has 40 heavy (non-hydrogen) atoms. The molecule has 0 bridgehead atoms. The van der Waals surface area contributed by atoms with Gasteiger partial charge in [0.05, 0.1) is 24.8 Å². The Morgan fingerprint density at radius 2 is 1.48 bits per heavy atom. The number of benzene rings is 3. The topological polar surface area (TPSA) is 105 Å². The zero-order valence-corrected chi connectivity index (χ0v) is 24.6. The van der Waals surface area contributed by atoms with Crippen molar-refractivity contribution in [2.24, 2.45) is 0 Å². The van der Waals surface area contributed by atoms with Crippen LogP contribution >= 0.6 is 0 Å². The van der Waals surface area contributed by atoms with Gasteiger partial charge in [0.1, 0.15) is 24.1 Å². The third-order valence-corrected chi connectivity index (χ3v) is 7.89. The Balaban J connectivity index is 2.05. The minimum atomic E-state index is -4.16. The van der Waals surface area contributed by atoms with Crippen LogP contribution in [0.5, 0.6) is 11.5 Å². The fraction of sp³-hybridized carbons (Fsp3) is 0.333. The summed E-state index contributed by atoms with van der Waals surface area (Å²) in [6.07, 6.45) is 0. The van der Waals surface area contributed by atoms with E-state index in [0.717, 1.165) is 9.87 Å². The SMILES string of the molecule is COc1cccc(CN(C(=O)CN(c2cccc(OC)c2)S(=O)(=O)c2ccccc2)C(C)C(=O)NC(C)(C)C)c1. The predicted octanol–water partition coefficient (Wildman–Crippen LogP) is 4.23. The van der Waals surface area contributed by atoms with Crippen LogP contribution in [-0.4, -0.2) is 57.5 Å². The highest BCUT2D eigenvalue weighted by Gasteiger charge is 2.33. The van der Waals surface area contributed by atoms with Crippen LogP contribution in [0, 0.1) is 0 Å². The second-order valence-corrected chi connectivity index (χ2v) is 12.2. The fourth-order valence-electron chi connectivity index (χ4n) is 4.04. The van der Waals surface area contributed by atoms with Crippen LogP contribution in [0.15, 0.2) is 83.8 Å². The number of anilines is 1. The molecule has 0 radical (unpaired) electrons. The Morgan fingerprint density at radius 1 is 0.875 bits per heavy atom.